The molecular weight excluding hydrogens is 382 g/mol. The molecule has 0 aliphatic heterocycles. The minimum atomic E-state index is 0.784. The first kappa shape index (κ1) is 21.1. The fourth-order valence-corrected chi connectivity index (χ4v) is 4.02. The third-order valence-corrected chi connectivity index (χ3v) is 5.77. The molecule has 0 aliphatic rings. The summed E-state index contributed by atoms with van der Waals surface area (Å²) in [5.74, 6) is 0.956. The Kier molecular flexibility index (Phi) is 6.98. The van der Waals surface area contributed by atoms with Crippen LogP contribution in [0.4, 0.5) is 5.69 Å². The molecule has 31 heavy (non-hydrogen) atoms. The molecule has 0 amide bonds. The Labute approximate surface area is 184 Å². The average Bonchev–Trinajstić information content (AvgIpc) is 2.81. The number of ether oxygens (including phenoxy) is 1. The van der Waals surface area contributed by atoms with Crippen molar-refractivity contribution in [3.8, 4) is 5.75 Å². The van der Waals surface area contributed by atoms with Gasteiger partial charge < -0.3 is 9.64 Å². The highest BCUT2D eigenvalue weighted by molar-refractivity contribution is 6.03. The first-order valence-corrected chi connectivity index (χ1v) is 11.2. The van der Waals surface area contributed by atoms with Crippen LogP contribution in [0.15, 0.2) is 67.0 Å². The van der Waals surface area contributed by atoms with Gasteiger partial charge in [-0.25, -0.2) is 0 Å². The minimum Gasteiger partial charge on any atom is -0.494 e. The number of aromatic nitrogens is 2. The van der Waals surface area contributed by atoms with E-state index in [0.29, 0.717) is 0 Å². The van der Waals surface area contributed by atoms with Crippen LogP contribution in [0.25, 0.3) is 21.8 Å². The Morgan fingerprint density at radius 2 is 1.61 bits per heavy atom. The number of hydrogen-bond donors (Lipinski definition) is 0. The number of aryl methyl sites for hydroxylation is 1. The van der Waals surface area contributed by atoms with E-state index in [9.17, 15) is 0 Å². The maximum absolute atomic E-state index is 5.92. The normalized spacial score (nSPS) is 11.2. The van der Waals surface area contributed by atoms with Crippen LogP contribution in [0.1, 0.15) is 37.7 Å². The Morgan fingerprint density at radius 3 is 2.52 bits per heavy atom. The van der Waals surface area contributed by atoms with Crippen molar-refractivity contribution in [2.75, 3.05) is 25.6 Å². The number of fused-ring (bicyclic) bond motifs is 3. The zero-order valence-electron chi connectivity index (χ0n) is 18.6. The fraction of sp³-hybridized carbons (Fsp3) is 0.333. The second kappa shape index (κ2) is 10.3. The Balaban J connectivity index is 1.21. The van der Waals surface area contributed by atoms with Gasteiger partial charge in [-0.05, 0) is 49.1 Å². The third kappa shape index (κ3) is 5.32. The fourth-order valence-electron chi connectivity index (χ4n) is 4.02. The molecule has 2 heterocycles. The lowest BCUT2D eigenvalue weighted by Crippen LogP contribution is -2.08. The lowest BCUT2D eigenvalue weighted by atomic mass is 10.0. The van der Waals surface area contributed by atoms with Gasteiger partial charge in [0.15, 0.2) is 0 Å². The number of benzene rings is 2. The van der Waals surface area contributed by atoms with Crippen molar-refractivity contribution >= 4 is 27.5 Å². The Hall–Kier alpha value is -3.14. The highest BCUT2D eigenvalue weighted by atomic mass is 16.5. The van der Waals surface area contributed by atoms with E-state index < -0.39 is 0 Å². The Morgan fingerprint density at radius 1 is 0.774 bits per heavy atom. The number of hydrogen-bond acceptors (Lipinski definition) is 4. The van der Waals surface area contributed by atoms with Crippen molar-refractivity contribution < 1.29 is 4.74 Å². The highest BCUT2D eigenvalue weighted by Gasteiger charge is 2.06. The molecule has 0 N–H and O–H groups in total. The summed E-state index contributed by atoms with van der Waals surface area (Å²) >= 11 is 0. The largest absolute Gasteiger partial charge is 0.494 e. The molecule has 4 aromatic rings. The van der Waals surface area contributed by atoms with Crippen LogP contribution in [0.3, 0.4) is 0 Å². The van der Waals surface area contributed by atoms with Gasteiger partial charge in [0.2, 0.25) is 0 Å². The van der Waals surface area contributed by atoms with Crippen molar-refractivity contribution in [1.82, 2.24) is 9.97 Å². The molecule has 0 aliphatic carbocycles. The van der Waals surface area contributed by atoms with Gasteiger partial charge in [-0.15, -0.1) is 0 Å². The number of anilines is 1. The lowest BCUT2D eigenvalue weighted by molar-refractivity contribution is 0.304. The standard InChI is InChI=1S/C27H31N3O/c1-30(2)23-12-8-13-24(20-23)31-19-7-5-3-4-6-10-21-16-18-29-27-25(21)15-14-22-11-9-17-28-26(22)27/h8-9,11-18,20H,3-7,10,19H2,1-2H3. The molecule has 4 rings (SSSR count). The molecule has 4 heteroatoms. The van der Waals surface area contributed by atoms with Crippen LogP contribution < -0.4 is 9.64 Å². The van der Waals surface area contributed by atoms with Gasteiger partial charge in [-0.2, -0.15) is 0 Å². The monoisotopic (exact) mass is 413 g/mol. The zero-order valence-corrected chi connectivity index (χ0v) is 18.6. The van der Waals surface area contributed by atoms with Gasteiger partial charge in [0.1, 0.15) is 5.75 Å². The van der Waals surface area contributed by atoms with E-state index in [4.69, 9.17) is 4.74 Å². The van der Waals surface area contributed by atoms with Crippen LogP contribution in [0.5, 0.6) is 5.75 Å². The number of unbranched alkanes of at least 4 members (excludes halogenated alkanes) is 4. The van der Waals surface area contributed by atoms with Crippen molar-refractivity contribution in [2.45, 2.75) is 38.5 Å². The molecule has 0 saturated carbocycles. The van der Waals surface area contributed by atoms with E-state index in [1.165, 1.54) is 42.3 Å². The van der Waals surface area contributed by atoms with Crippen LogP contribution in [-0.2, 0) is 6.42 Å². The van der Waals surface area contributed by atoms with E-state index >= 15 is 0 Å². The average molecular weight is 414 g/mol. The molecule has 160 valence electrons. The van der Waals surface area contributed by atoms with Gasteiger partial charge >= 0.3 is 0 Å². The lowest BCUT2D eigenvalue weighted by Gasteiger charge is -2.14. The van der Waals surface area contributed by atoms with Gasteiger partial charge in [-0.1, -0.05) is 43.5 Å². The minimum absolute atomic E-state index is 0.784. The number of rotatable bonds is 10. The van der Waals surface area contributed by atoms with Crippen LogP contribution >= 0.6 is 0 Å². The molecule has 2 aromatic carbocycles. The second-order valence-corrected chi connectivity index (χ2v) is 8.26. The number of pyridine rings is 2. The topological polar surface area (TPSA) is 38.2 Å². The summed E-state index contributed by atoms with van der Waals surface area (Å²) in [5.41, 5.74) is 4.57. The third-order valence-electron chi connectivity index (χ3n) is 5.77. The first-order valence-electron chi connectivity index (χ1n) is 11.2. The molecule has 4 nitrogen and oxygen atoms in total. The Bertz CT molecular complexity index is 1140. The second-order valence-electron chi connectivity index (χ2n) is 8.26. The van der Waals surface area contributed by atoms with Crippen molar-refractivity contribution in [3.63, 3.8) is 0 Å². The summed E-state index contributed by atoms with van der Waals surface area (Å²) in [4.78, 5) is 11.3. The summed E-state index contributed by atoms with van der Waals surface area (Å²) in [6, 6.07) is 18.9. The maximum atomic E-state index is 5.92. The van der Waals surface area contributed by atoms with Gasteiger partial charge in [0.25, 0.3) is 0 Å². The zero-order chi connectivity index (χ0) is 21.5. The summed E-state index contributed by atoms with van der Waals surface area (Å²) in [6.07, 6.45) is 10.9. The van der Waals surface area contributed by atoms with E-state index in [1.807, 2.05) is 44.7 Å². The first-order chi connectivity index (χ1) is 15.2. The summed E-state index contributed by atoms with van der Waals surface area (Å²) in [6.45, 7) is 0.784. The molecule has 2 aromatic heterocycles. The molecule has 0 fully saturated rings. The van der Waals surface area contributed by atoms with E-state index in [-0.39, 0.29) is 0 Å². The van der Waals surface area contributed by atoms with E-state index in [0.717, 1.165) is 41.6 Å². The van der Waals surface area contributed by atoms with Crippen molar-refractivity contribution in [3.05, 3.63) is 72.6 Å². The van der Waals surface area contributed by atoms with E-state index in [2.05, 4.69) is 51.3 Å². The van der Waals surface area contributed by atoms with Gasteiger partial charge in [-0.3, -0.25) is 9.97 Å². The van der Waals surface area contributed by atoms with Gasteiger partial charge in [0.05, 0.1) is 17.6 Å². The summed E-state index contributed by atoms with van der Waals surface area (Å²) in [7, 11) is 4.10. The van der Waals surface area contributed by atoms with Crippen LogP contribution in [0.2, 0.25) is 0 Å². The predicted octanol–water partition coefficient (Wildman–Crippen LogP) is 6.42. The quantitative estimate of drug-likeness (QED) is 0.222. The molecule has 0 atom stereocenters. The highest BCUT2D eigenvalue weighted by Crippen LogP contribution is 2.25. The van der Waals surface area contributed by atoms with Crippen molar-refractivity contribution in [2.24, 2.45) is 0 Å². The molecular formula is C27H31N3O. The molecule has 0 spiro atoms. The smallest absolute Gasteiger partial charge is 0.121 e. The van der Waals surface area contributed by atoms with Crippen LogP contribution in [0, 0.1) is 0 Å². The SMILES string of the molecule is CN(C)c1cccc(OCCCCCCCc2ccnc3c2ccc2cccnc23)c1. The molecule has 0 radical (unpaired) electrons. The molecule has 0 saturated heterocycles. The maximum Gasteiger partial charge on any atom is 0.121 e. The molecule has 0 unspecified atom stereocenters. The van der Waals surface area contributed by atoms with Gasteiger partial charge in [0, 0.05) is 49.0 Å². The summed E-state index contributed by atoms with van der Waals surface area (Å²) < 4.78 is 5.92. The van der Waals surface area contributed by atoms with Crippen LogP contribution in [-0.4, -0.2) is 30.7 Å². The summed E-state index contributed by atoms with van der Waals surface area (Å²) in [5, 5.41) is 2.39. The predicted molar refractivity (Wildman–Crippen MR) is 130 cm³/mol. The molecule has 0 bridgehead atoms. The van der Waals surface area contributed by atoms with Crippen molar-refractivity contribution in [1.29, 1.82) is 0 Å². The van der Waals surface area contributed by atoms with E-state index in [1.54, 1.807) is 0 Å². The number of nitrogens with zero attached hydrogens (tertiary/aromatic N) is 3.